The van der Waals surface area contributed by atoms with Crippen LogP contribution in [0.5, 0.6) is 0 Å². The van der Waals surface area contributed by atoms with Crippen molar-refractivity contribution in [1.82, 2.24) is 9.88 Å². The van der Waals surface area contributed by atoms with Crippen molar-refractivity contribution in [3.05, 3.63) is 51.5 Å². The first-order chi connectivity index (χ1) is 10.0. The number of carbonyl (C=O) groups excluding carboxylic acids is 3. The largest absolute Gasteiger partial charge is 0.364 e. The van der Waals surface area contributed by atoms with E-state index < -0.39 is 11.9 Å². The molecule has 1 aromatic carbocycles. The molecular formula is C14H11N3O3S. The number of hydrogen-bond donors (Lipinski definition) is 1. The minimum absolute atomic E-state index is 0.137. The highest BCUT2D eigenvalue weighted by atomic mass is 32.1. The van der Waals surface area contributed by atoms with E-state index in [1.54, 1.807) is 31.2 Å². The number of hydrogen-bond acceptors (Lipinski definition) is 5. The molecule has 1 aromatic heterocycles. The van der Waals surface area contributed by atoms with Crippen LogP contribution < -0.4 is 5.73 Å². The molecule has 1 aliphatic heterocycles. The van der Waals surface area contributed by atoms with E-state index >= 15 is 0 Å². The number of imide groups is 1. The summed E-state index contributed by atoms with van der Waals surface area (Å²) in [6.07, 6.45) is 0. The molecule has 0 spiro atoms. The Morgan fingerprint density at radius 3 is 2.29 bits per heavy atom. The summed E-state index contributed by atoms with van der Waals surface area (Å²) < 4.78 is 0. The topological polar surface area (TPSA) is 93.4 Å². The lowest BCUT2D eigenvalue weighted by Crippen LogP contribution is -2.32. The van der Waals surface area contributed by atoms with Gasteiger partial charge in [0.05, 0.1) is 17.2 Å². The highest BCUT2D eigenvalue weighted by molar-refractivity contribution is 7.09. The van der Waals surface area contributed by atoms with Crippen LogP contribution >= 0.6 is 11.3 Å². The van der Waals surface area contributed by atoms with E-state index in [2.05, 4.69) is 4.98 Å². The predicted molar refractivity (Wildman–Crippen MR) is 76.0 cm³/mol. The first-order valence-corrected chi connectivity index (χ1v) is 7.11. The molecule has 2 N–H and O–H groups in total. The van der Waals surface area contributed by atoms with Crippen molar-refractivity contribution in [2.75, 3.05) is 0 Å². The molecule has 2 heterocycles. The molecule has 21 heavy (non-hydrogen) atoms. The van der Waals surface area contributed by atoms with Gasteiger partial charge in [0.1, 0.15) is 10.7 Å². The fraction of sp³-hybridized carbons (Fsp3) is 0.143. The summed E-state index contributed by atoms with van der Waals surface area (Å²) in [7, 11) is 0. The molecule has 0 radical (unpaired) electrons. The molecule has 0 bridgehead atoms. The van der Waals surface area contributed by atoms with Crippen molar-refractivity contribution >= 4 is 29.1 Å². The zero-order valence-electron chi connectivity index (χ0n) is 11.1. The van der Waals surface area contributed by atoms with Crippen LogP contribution in [0.1, 0.15) is 49.2 Å². The lowest BCUT2D eigenvalue weighted by Gasteiger charge is -2.20. The van der Waals surface area contributed by atoms with Gasteiger partial charge in [-0.05, 0) is 19.1 Å². The summed E-state index contributed by atoms with van der Waals surface area (Å²) in [5, 5.41) is 2.02. The first kappa shape index (κ1) is 13.4. The van der Waals surface area contributed by atoms with Gasteiger partial charge in [-0.15, -0.1) is 11.3 Å². The van der Waals surface area contributed by atoms with Crippen LogP contribution in [0.15, 0.2) is 29.6 Å². The normalized spacial score (nSPS) is 15.2. The van der Waals surface area contributed by atoms with Crippen LogP contribution in [0, 0.1) is 0 Å². The van der Waals surface area contributed by atoms with Crippen molar-refractivity contribution in [2.24, 2.45) is 5.73 Å². The Morgan fingerprint density at radius 2 is 1.81 bits per heavy atom. The van der Waals surface area contributed by atoms with Gasteiger partial charge in [-0.3, -0.25) is 19.3 Å². The summed E-state index contributed by atoms with van der Waals surface area (Å²) >= 11 is 1.20. The van der Waals surface area contributed by atoms with Crippen LogP contribution in [-0.4, -0.2) is 27.6 Å². The molecule has 3 amide bonds. The van der Waals surface area contributed by atoms with E-state index in [-0.39, 0.29) is 17.5 Å². The average molecular weight is 301 g/mol. The highest BCUT2D eigenvalue weighted by Gasteiger charge is 2.39. The zero-order chi connectivity index (χ0) is 15.1. The lowest BCUT2D eigenvalue weighted by atomic mass is 10.1. The molecule has 2 aromatic rings. The zero-order valence-corrected chi connectivity index (χ0v) is 11.9. The number of amides is 3. The van der Waals surface area contributed by atoms with Crippen molar-refractivity contribution < 1.29 is 14.4 Å². The number of rotatable bonds is 3. The Kier molecular flexibility index (Phi) is 3.06. The monoisotopic (exact) mass is 301 g/mol. The summed E-state index contributed by atoms with van der Waals surface area (Å²) in [5.74, 6) is -1.33. The Morgan fingerprint density at radius 1 is 1.24 bits per heavy atom. The summed E-state index contributed by atoms with van der Waals surface area (Å²) in [4.78, 5) is 41.0. The van der Waals surface area contributed by atoms with Crippen LogP contribution in [0.4, 0.5) is 0 Å². The molecule has 1 aliphatic rings. The minimum Gasteiger partial charge on any atom is -0.364 e. The molecule has 6 nitrogen and oxygen atoms in total. The number of fused-ring (bicyclic) bond motifs is 1. The fourth-order valence-electron chi connectivity index (χ4n) is 2.26. The van der Waals surface area contributed by atoms with Gasteiger partial charge in [-0.25, -0.2) is 4.98 Å². The maximum atomic E-state index is 12.4. The molecule has 106 valence electrons. The van der Waals surface area contributed by atoms with E-state index in [4.69, 9.17) is 5.73 Å². The number of nitrogens with zero attached hydrogens (tertiary/aromatic N) is 2. The Balaban J connectivity index is 1.96. The van der Waals surface area contributed by atoms with Gasteiger partial charge < -0.3 is 5.73 Å². The van der Waals surface area contributed by atoms with E-state index in [0.29, 0.717) is 16.1 Å². The van der Waals surface area contributed by atoms with Gasteiger partial charge in [0.2, 0.25) is 0 Å². The fourth-order valence-corrected chi connectivity index (χ4v) is 3.12. The number of thiazole rings is 1. The second-order valence-electron chi connectivity index (χ2n) is 4.64. The van der Waals surface area contributed by atoms with Crippen molar-refractivity contribution in [2.45, 2.75) is 13.0 Å². The summed E-state index contributed by atoms with van der Waals surface area (Å²) in [6.45, 7) is 1.70. The van der Waals surface area contributed by atoms with Crippen LogP contribution in [0.25, 0.3) is 0 Å². The maximum absolute atomic E-state index is 12.4. The Hall–Kier alpha value is -2.54. The van der Waals surface area contributed by atoms with E-state index in [1.165, 1.54) is 16.7 Å². The third kappa shape index (κ3) is 2.02. The number of nitrogens with two attached hydrogens (primary N) is 1. The van der Waals surface area contributed by atoms with E-state index in [9.17, 15) is 14.4 Å². The number of carbonyl (C=O) groups is 3. The number of aromatic nitrogens is 1. The van der Waals surface area contributed by atoms with Gasteiger partial charge in [0.25, 0.3) is 17.7 Å². The molecule has 0 saturated carbocycles. The van der Waals surface area contributed by atoms with Crippen LogP contribution in [-0.2, 0) is 0 Å². The molecule has 0 saturated heterocycles. The SMILES string of the molecule is CC(c1nc(C(N)=O)cs1)N1C(=O)c2ccccc2C1=O. The van der Waals surface area contributed by atoms with E-state index in [1.807, 2.05) is 0 Å². The Bertz CT molecular complexity index is 733. The average Bonchev–Trinajstić information content (AvgIpc) is 3.05. The molecule has 7 heteroatoms. The van der Waals surface area contributed by atoms with Gasteiger partial charge >= 0.3 is 0 Å². The first-order valence-electron chi connectivity index (χ1n) is 6.23. The third-order valence-electron chi connectivity index (χ3n) is 3.34. The van der Waals surface area contributed by atoms with Gasteiger partial charge in [0.15, 0.2) is 0 Å². The number of benzene rings is 1. The minimum atomic E-state index is -0.632. The molecule has 3 rings (SSSR count). The predicted octanol–water partition coefficient (Wildman–Crippen LogP) is 1.60. The quantitative estimate of drug-likeness (QED) is 0.871. The standard InChI is InChI=1S/C14H11N3O3S/c1-7(12-16-10(6-21-12)11(15)18)17-13(19)8-4-2-3-5-9(8)14(17)20/h2-7H,1H3,(H2,15,18). The summed E-state index contributed by atoms with van der Waals surface area (Å²) in [5.41, 5.74) is 6.08. The smallest absolute Gasteiger partial charge is 0.268 e. The second kappa shape index (κ2) is 4.78. The summed E-state index contributed by atoms with van der Waals surface area (Å²) in [6, 6.07) is 6.13. The van der Waals surface area contributed by atoms with Crippen molar-refractivity contribution in [3.8, 4) is 0 Å². The molecule has 1 unspecified atom stereocenters. The van der Waals surface area contributed by atoms with Crippen molar-refractivity contribution in [1.29, 1.82) is 0 Å². The maximum Gasteiger partial charge on any atom is 0.268 e. The molecule has 1 atom stereocenters. The molecule has 0 aliphatic carbocycles. The van der Waals surface area contributed by atoms with E-state index in [0.717, 1.165) is 4.90 Å². The number of primary amides is 1. The third-order valence-corrected chi connectivity index (χ3v) is 4.36. The Labute approximate surface area is 124 Å². The van der Waals surface area contributed by atoms with Crippen LogP contribution in [0.2, 0.25) is 0 Å². The van der Waals surface area contributed by atoms with Gasteiger partial charge in [0, 0.05) is 5.38 Å². The molecular weight excluding hydrogens is 290 g/mol. The van der Waals surface area contributed by atoms with Crippen LogP contribution in [0.3, 0.4) is 0 Å². The lowest BCUT2D eigenvalue weighted by molar-refractivity contribution is 0.0595. The van der Waals surface area contributed by atoms with Gasteiger partial charge in [-0.1, -0.05) is 12.1 Å². The van der Waals surface area contributed by atoms with Gasteiger partial charge in [-0.2, -0.15) is 0 Å². The molecule has 0 fully saturated rings. The second-order valence-corrected chi connectivity index (χ2v) is 5.53. The van der Waals surface area contributed by atoms with Crippen molar-refractivity contribution in [3.63, 3.8) is 0 Å². The highest BCUT2D eigenvalue weighted by Crippen LogP contribution is 2.32.